The van der Waals surface area contributed by atoms with Gasteiger partial charge in [0.1, 0.15) is 11.9 Å². The van der Waals surface area contributed by atoms with Gasteiger partial charge in [-0.05, 0) is 59.3 Å². The van der Waals surface area contributed by atoms with Gasteiger partial charge in [-0.2, -0.15) is 0 Å². The van der Waals surface area contributed by atoms with Crippen molar-refractivity contribution in [2.24, 2.45) is 5.41 Å². The fourth-order valence-electron chi connectivity index (χ4n) is 2.57. The summed E-state index contributed by atoms with van der Waals surface area (Å²) in [5.41, 5.74) is 0.580. The first-order valence-corrected chi connectivity index (χ1v) is 9.03. The Hall–Kier alpha value is -1.80. The number of aromatic hydroxyl groups is 1. The van der Waals surface area contributed by atoms with E-state index in [0.29, 0.717) is 17.7 Å². The van der Waals surface area contributed by atoms with Crippen molar-refractivity contribution in [2.75, 3.05) is 11.9 Å². The van der Waals surface area contributed by atoms with Crippen LogP contribution in [0.5, 0.6) is 5.75 Å². The second kappa shape index (κ2) is 8.53. The van der Waals surface area contributed by atoms with Crippen LogP contribution in [0.1, 0.15) is 31.9 Å². The molecule has 0 aliphatic carbocycles. The van der Waals surface area contributed by atoms with Crippen LogP contribution in [0.15, 0.2) is 48.5 Å². The number of halogens is 1. The molecule has 5 nitrogen and oxygen atoms in total. The van der Waals surface area contributed by atoms with E-state index < -0.39 is 17.6 Å². The molecule has 6 heteroatoms. The SMILES string of the molecule is CC(C)(CCO)[C@@H](OC(=O)Nc1ccccc1)c1cc(I)ccc1O. The molecule has 3 N–H and O–H groups in total. The van der Waals surface area contributed by atoms with Gasteiger partial charge >= 0.3 is 6.09 Å². The predicted octanol–water partition coefficient (Wildman–Crippen LogP) is 4.70. The predicted molar refractivity (Wildman–Crippen MR) is 106 cm³/mol. The zero-order valence-corrected chi connectivity index (χ0v) is 16.4. The lowest BCUT2D eigenvalue weighted by atomic mass is 9.79. The van der Waals surface area contributed by atoms with E-state index in [4.69, 9.17) is 4.74 Å². The van der Waals surface area contributed by atoms with Crippen LogP contribution in [0.3, 0.4) is 0 Å². The van der Waals surface area contributed by atoms with Crippen LogP contribution in [0.4, 0.5) is 10.5 Å². The average Bonchev–Trinajstić information content (AvgIpc) is 2.56. The van der Waals surface area contributed by atoms with Crippen molar-refractivity contribution in [1.29, 1.82) is 0 Å². The molecule has 2 aromatic carbocycles. The number of carbonyl (C=O) groups is 1. The van der Waals surface area contributed by atoms with Gasteiger partial charge < -0.3 is 14.9 Å². The van der Waals surface area contributed by atoms with Gasteiger partial charge in [0.15, 0.2) is 0 Å². The highest BCUT2D eigenvalue weighted by Crippen LogP contribution is 2.43. The lowest BCUT2D eigenvalue weighted by Crippen LogP contribution is -2.30. The summed E-state index contributed by atoms with van der Waals surface area (Å²) < 4.78 is 6.59. The zero-order chi connectivity index (χ0) is 18.4. The van der Waals surface area contributed by atoms with Gasteiger partial charge in [0.25, 0.3) is 0 Å². The third-order valence-electron chi connectivity index (χ3n) is 3.98. The van der Waals surface area contributed by atoms with Gasteiger partial charge in [-0.1, -0.05) is 32.0 Å². The Bertz CT molecular complexity index is 719. The standard InChI is InChI=1S/C19H22INO4/c1-19(2,10-11-22)17(15-12-13(20)8-9-16(15)23)25-18(24)21-14-6-4-3-5-7-14/h3-9,12,17,22-23H,10-11H2,1-2H3,(H,21,24)/t17-/m0/s1. The molecular weight excluding hydrogens is 433 g/mol. The fraction of sp³-hybridized carbons (Fsp3) is 0.316. The Morgan fingerprint density at radius 2 is 1.92 bits per heavy atom. The quantitative estimate of drug-likeness (QED) is 0.552. The molecule has 0 saturated carbocycles. The average molecular weight is 455 g/mol. The van der Waals surface area contributed by atoms with E-state index in [1.165, 1.54) is 0 Å². The van der Waals surface area contributed by atoms with Crippen LogP contribution in [0, 0.1) is 8.99 Å². The van der Waals surface area contributed by atoms with Crippen molar-refractivity contribution < 1.29 is 19.7 Å². The lowest BCUT2D eigenvalue weighted by Gasteiger charge is -2.34. The number of phenols is 1. The number of carbonyl (C=O) groups excluding carboxylic acids is 1. The number of ether oxygens (including phenoxy) is 1. The van der Waals surface area contributed by atoms with Gasteiger partial charge in [-0.3, -0.25) is 5.32 Å². The molecule has 0 aliphatic heterocycles. The molecule has 0 aliphatic rings. The van der Waals surface area contributed by atoms with Crippen LogP contribution < -0.4 is 5.32 Å². The summed E-state index contributed by atoms with van der Waals surface area (Å²) in [6, 6.07) is 14.2. The highest BCUT2D eigenvalue weighted by Gasteiger charge is 2.35. The normalized spacial score (nSPS) is 12.5. The largest absolute Gasteiger partial charge is 0.508 e. The first-order chi connectivity index (χ1) is 11.8. The number of aliphatic hydroxyl groups excluding tert-OH is 1. The topological polar surface area (TPSA) is 78.8 Å². The minimum atomic E-state index is -0.710. The second-order valence-electron chi connectivity index (χ2n) is 6.44. The Labute approximate surface area is 161 Å². The number of para-hydroxylation sites is 1. The summed E-state index contributed by atoms with van der Waals surface area (Å²) in [4.78, 5) is 12.4. The van der Waals surface area contributed by atoms with Crippen molar-refractivity contribution in [3.63, 3.8) is 0 Å². The minimum absolute atomic E-state index is 0.0438. The Morgan fingerprint density at radius 1 is 1.24 bits per heavy atom. The third-order valence-corrected chi connectivity index (χ3v) is 4.65. The van der Waals surface area contributed by atoms with Crippen LogP contribution in [-0.4, -0.2) is 22.9 Å². The number of nitrogens with one attached hydrogen (secondary N) is 1. The Kier molecular flexibility index (Phi) is 6.66. The van der Waals surface area contributed by atoms with Crippen LogP contribution in [0.2, 0.25) is 0 Å². The van der Waals surface area contributed by atoms with E-state index in [0.717, 1.165) is 3.57 Å². The maximum absolute atomic E-state index is 12.4. The lowest BCUT2D eigenvalue weighted by molar-refractivity contribution is 0.0138. The second-order valence-corrected chi connectivity index (χ2v) is 7.69. The third kappa shape index (κ3) is 5.34. The van der Waals surface area contributed by atoms with E-state index >= 15 is 0 Å². The summed E-state index contributed by atoms with van der Waals surface area (Å²) in [6.07, 6.45) is -0.903. The smallest absolute Gasteiger partial charge is 0.412 e. The molecule has 2 rings (SSSR count). The number of aliphatic hydroxyl groups is 1. The number of hydrogen-bond donors (Lipinski definition) is 3. The van der Waals surface area contributed by atoms with E-state index in [9.17, 15) is 15.0 Å². The molecule has 0 unspecified atom stereocenters. The highest BCUT2D eigenvalue weighted by atomic mass is 127. The molecule has 2 aromatic rings. The monoisotopic (exact) mass is 455 g/mol. The molecule has 0 fully saturated rings. The molecule has 0 saturated heterocycles. The highest BCUT2D eigenvalue weighted by molar-refractivity contribution is 14.1. The molecular formula is C19H22INO4. The van der Waals surface area contributed by atoms with E-state index in [1.807, 2.05) is 32.0 Å². The van der Waals surface area contributed by atoms with Gasteiger partial charge in [-0.25, -0.2) is 4.79 Å². The van der Waals surface area contributed by atoms with Crippen molar-refractivity contribution in [2.45, 2.75) is 26.4 Å². The van der Waals surface area contributed by atoms with E-state index in [-0.39, 0.29) is 12.4 Å². The molecule has 1 atom stereocenters. The molecule has 1 amide bonds. The first kappa shape index (κ1) is 19.5. The maximum atomic E-state index is 12.4. The summed E-state index contributed by atoms with van der Waals surface area (Å²) in [6.45, 7) is 3.74. The molecule has 134 valence electrons. The van der Waals surface area contributed by atoms with Crippen LogP contribution in [-0.2, 0) is 4.74 Å². The summed E-state index contributed by atoms with van der Waals surface area (Å²) >= 11 is 2.14. The van der Waals surface area contributed by atoms with Crippen molar-refractivity contribution >= 4 is 34.4 Å². The number of anilines is 1. The van der Waals surface area contributed by atoms with Gasteiger partial charge in [0.05, 0.1) is 0 Å². The molecule has 25 heavy (non-hydrogen) atoms. The van der Waals surface area contributed by atoms with Gasteiger partial charge in [0, 0.05) is 26.8 Å². The van der Waals surface area contributed by atoms with Crippen LogP contribution in [0.25, 0.3) is 0 Å². The molecule has 0 bridgehead atoms. The number of amides is 1. The number of phenolic OH excluding ortho intramolecular Hbond substituents is 1. The number of benzene rings is 2. The molecule has 0 spiro atoms. The number of hydrogen-bond acceptors (Lipinski definition) is 4. The first-order valence-electron chi connectivity index (χ1n) is 7.95. The van der Waals surface area contributed by atoms with E-state index in [1.54, 1.807) is 30.3 Å². The minimum Gasteiger partial charge on any atom is -0.508 e. The van der Waals surface area contributed by atoms with Crippen molar-refractivity contribution in [1.82, 2.24) is 0 Å². The number of rotatable bonds is 6. The fourth-order valence-corrected chi connectivity index (χ4v) is 3.09. The summed E-state index contributed by atoms with van der Waals surface area (Å²) in [5, 5.41) is 22.3. The Balaban J connectivity index is 2.28. The molecule has 0 aromatic heterocycles. The molecule has 0 radical (unpaired) electrons. The zero-order valence-electron chi connectivity index (χ0n) is 14.2. The van der Waals surface area contributed by atoms with E-state index in [2.05, 4.69) is 27.9 Å². The summed E-state index contributed by atoms with van der Waals surface area (Å²) in [5.74, 6) is 0.0592. The van der Waals surface area contributed by atoms with Gasteiger partial charge in [0.2, 0.25) is 0 Å². The van der Waals surface area contributed by atoms with Crippen molar-refractivity contribution in [3.05, 3.63) is 57.7 Å². The van der Waals surface area contributed by atoms with Crippen molar-refractivity contribution in [3.8, 4) is 5.75 Å². The van der Waals surface area contributed by atoms with Crippen LogP contribution >= 0.6 is 22.6 Å². The summed E-state index contributed by atoms with van der Waals surface area (Å²) in [7, 11) is 0. The Morgan fingerprint density at radius 3 is 2.56 bits per heavy atom. The maximum Gasteiger partial charge on any atom is 0.412 e. The van der Waals surface area contributed by atoms with Gasteiger partial charge in [-0.15, -0.1) is 0 Å². The molecule has 0 heterocycles.